The van der Waals surface area contributed by atoms with Crippen molar-refractivity contribution in [3.8, 4) is 0 Å². The third kappa shape index (κ3) is 4.06. The van der Waals surface area contributed by atoms with Gasteiger partial charge in [0.2, 0.25) is 0 Å². The van der Waals surface area contributed by atoms with Crippen molar-refractivity contribution in [2.45, 2.75) is 26.3 Å². The topological polar surface area (TPSA) is 37.3 Å². The number of aryl methyl sites for hydroxylation is 1. The van der Waals surface area contributed by atoms with Gasteiger partial charge in [0.15, 0.2) is 0 Å². The van der Waals surface area contributed by atoms with E-state index in [1.54, 1.807) is 0 Å². The second kappa shape index (κ2) is 7.67. The molecule has 1 N–H and O–H groups in total. The van der Waals surface area contributed by atoms with Gasteiger partial charge in [-0.05, 0) is 43.9 Å². The predicted octanol–water partition coefficient (Wildman–Crippen LogP) is 2.98. The maximum atomic E-state index is 12.2. The summed E-state index contributed by atoms with van der Waals surface area (Å²) in [6, 6.07) is 12.5. The fourth-order valence-corrected chi connectivity index (χ4v) is 3.47. The highest BCUT2D eigenvalue weighted by molar-refractivity contribution is 5.95. The first-order chi connectivity index (χ1) is 11.6. The van der Waals surface area contributed by atoms with E-state index < -0.39 is 0 Å². The number of hydrogen-bond donors (Lipinski definition) is 1. The van der Waals surface area contributed by atoms with Gasteiger partial charge < -0.3 is 9.88 Å². The van der Waals surface area contributed by atoms with Gasteiger partial charge in [-0.3, -0.25) is 9.69 Å². The molecule has 1 amide bonds. The molecule has 4 nitrogen and oxygen atoms in total. The van der Waals surface area contributed by atoms with Crippen LogP contribution >= 0.6 is 0 Å². The molecule has 1 aromatic carbocycles. The number of benzene rings is 1. The van der Waals surface area contributed by atoms with Gasteiger partial charge in [-0.2, -0.15) is 0 Å². The molecular formula is C20H27N3O. The fraction of sp³-hybridized carbons (Fsp3) is 0.450. The van der Waals surface area contributed by atoms with Crippen LogP contribution in [0.1, 0.15) is 34.5 Å². The summed E-state index contributed by atoms with van der Waals surface area (Å²) in [4.78, 5) is 14.7. The van der Waals surface area contributed by atoms with Crippen molar-refractivity contribution in [1.82, 2.24) is 14.8 Å². The van der Waals surface area contributed by atoms with Gasteiger partial charge in [-0.25, -0.2) is 0 Å². The minimum absolute atomic E-state index is 0.0484. The van der Waals surface area contributed by atoms with E-state index in [1.807, 2.05) is 30.8 Å². The summed E-state index contributed by atoms with van der Waals surface area (Å²) < 4.78 is 1.98. The Bertz CT molecular complexity index is 677. The average Bonchev–Trinajstić information content (AvgIpc) is 3.16. The Morgan fingerprint density at radius 1 is 1.25 bits per heavy atom. The second-order valence-corrected chi connectivity index (χ2v) is 6.85. The van der Waals surface area contributed by atoms with Gasteiger partial charge in [-0.15, -0.1) is 0 Å². The van der Waals surface area contributed by atoms with Gasteiger partial charge in [0.25, 0.3) is 5.91 Å². The molecule has 1 fully saturated rings. The number of nitrogens with one attached hydrogen (secondary N) is 1. The summed E-state index contributed by atoms with van der Waals surface area (Å²) in [5.74, 6) is 0.734. The molecule has 1 aliphatic heterocycles. The van der Waals surface area contributed by atoms with E-state index in [-0.39, 0.29) is 5.91 Å². The van der Waals surface area contributed by atoms with E-state index in [4.69, 9.17) is 0 Å². The van der Waals surface area contributed by atoms with Crippen LogP contribution in [0.4, 0.5) is 0 Å². The van der Waals surface area contributed by atoms with E-state index in [1.165, 1.54) is 12.0 Å². The largest absolute Gasteiger partial charge is 0.354 e. The SMILES string of the molecule is Cc1c(C(=O)NCCC2CCN(Cc3ccccc3)C2)ccn1C. The number of rotatable bonds is 6. The van der Waals surface area contributed by atoms with Crippen molar-refractivity contribution < 1.29 is 4.79 Å². The lowest BCUT2D eigenvalue weighted by Gasteiger charge is -2.16. The Morgan fingerprint density at radius 2 is 2.04 bits per heavy atom. The number of carbonyl (C=O) groups excluding carboxylic acids is 1. The Hall–Kier alpha value is -2.07. The summed E-state index contributed by atoms with van der Waals surface area (Å²) in [6.45, 7) is 6.07. The number of carbonyl (C=O) groups is 1. The lowest BCUT2D eigenvalue weighted by Crippen LogP contribution is -2.27. The quantitative estimate of drug-likeness (QED) is 0.886. The molecule has 3 rings (SSSR count). The zero-order valence-corrected chi connectivity index (χ0v) is 14.7. The first-order valence-electron chi connectivity index (χ1n) is 8.80. The Kier molecular flexibility index (Phi) is 5.36. The van der Waals surface area contributed by atoms with Crippen LogP contribution in [0, 0.1) is 12.8 Å². The molecular weight excluding hydrogens is 298 g/mol. The molecule has 0 saturated carbocycles. The first-order valence-corrected chi connectivity index (χ1v) is 8.80. The summed E-state index contributed by atoms with van der Waals surface area (Å²) in [5, 5.41) is 3.07. The van der Waals surface area contributed by atoms with Crippen LogP contribution in [0.15, 0.2) is 42.6 Å². The van der Waals surface area contributed by atoms with E-state index >= 15 is 0 Å². The zero-order chi connectivity index (χ0) is 16.9. The lowest BCUT2D eigenvalue weighted by molar-refractivity contribution is 0.0950. The van der Waals surface area contributed by atoms with Gasteiger partial charge in [0, 0.05) is 38.6 Å². The molecule has 1 aliphatic rings. The minimum Gasteiger partial charge on any atom is -0.354 e. The van der Waals surface area contributed by atoms with Crippen molar-refractivity contribution in [3.63, 3.8) is 0 Å². The van der Waals surface area contributed by atoms with Crippen LogP contribution in [0.5, 0.6) is 0 Å². The summed E-state index contributed by atoms with van der Waals surface area (Å²) in [7, 11) is 1.96. The van der Waals surface area contributed by atoms with Crippen LogP contribution in [0.25, 0.3) is 0 Å². The van der Waals surface area contributed by atoms with Gasteiger partial charge >= 0.3 is 0 Å². The molecule has 0 bridgehead atoms. The molecule has 1 unspecified atom stereocenters. The van der Waals surface area contributed by atoms with Crippen LogP contribution in [-0.4, -0.2) is 35.0 Å². The molecule has 24 heavy (non-hydrogen) atoms. The minimum atomic E-state index is 0.0484. The van der Waals surface area contributed by atoms with Crippen molar-refractivity contribution >= 4 is 5.91 Å². The van der Waals surface area contributed by atoms with Crippen LogP contribution < -0.4 is 5.32 Å². The number of aromatic nitrogens is 1. The molecule has 0 aliphatic carbocycles. The average molecular weight is 325 g/mol. The highest BCUT2D eigenvalue weighted by Gasteiger charge is 2.22. The molecule has 1 saturated heterocycles. The molecule has 1 atom stereocenters. The molecule has 128 valence electrons. The molecule has 1 aromatic heterocycles. The molecule has 4 heteroatoms. The third-order valence-electron chi connectivity index (χ3n) is 5.09. The number of likely N-dealkylation sites (tertiary alicyclic amines) is 1. The first kappa shape index (κ1) is 16.8. The van der Waals surface area contributed by atoms with E-state index in [0.29, 0.717) is 5.92 Å². The molecule has 2 aromatic rings. The third-order valence-corrected chi connectivity index (χ3v) is 5.09. The Balaban J connectivity index is 1.40. The monoisotopic (exact) mass is 325 g/mol. The maximum absolute atomic E-state index is 12.2. The lowest BCUT2D eigenvalue weighted by atomic mass is 10.1. The number of amides is 1. The van der Waals surface area contributed by atoms with E-state index in [2.05, 4.69) is 40.5 Å². The predicted molar refractivity (Wildman–Crippen MR) is 96.9 cm³/mol. The summed E-state index contributed by atoms with van der Waals surface area (Å²) >= 11 is 0. The second-order valence-electron chi connectivity index (χ2n) is 6.85. The normalized spacial score (nSPS) is 18.0. The highest BCUT2D eigenvalue weighted by atomic mass is 16.1. The fourth-order valence-electron chi connectivity index (χ4n) is 3.47. The molecule has 0 radical (unpaired) electrons. The van der Waals surface area contributed by atoms with Crippen molar-refractivity contribution in [2.75, 3.05) is 19.6 Å². The standard InChI is InChI=1S/C20H27N3O/c1-16-19(10-12-22(16)2)20(24)21-11-8-18-9-13-23(15-18)14-17-6-4-3-5-7-17/h3-7,10,12,18H,8-9,11,13-15H2,1-2H3,(H,21,24). The highest BCUT2D eigenvalue weighted by Crippen LogP contribution is 2.21. The molecule has 0 spiro atoms. The zero-order valence-electron chi connectivity index (χ0n) is 14.7. The van der Waals surface area contributed by atoms with Crippen LogP contribution in [0.2, 0.25) is 0 Å². The number of nitrogens with zero attached hydrogens (tertiary/aromatic N) is 2. The van der Waals surface area contributed by atoms with E-state index in [0.717, 1.165) is 43.9 Å². The van der Waals surface area contributed by atoms with Gasteiger partial charge in [0.05, 0.1) is 5.56 Å². The van der Waals surface area contributed by atoms with Crippen molar-refractivity contribution in [2.24, 2.45) is 13.0 Å². The van der Waals surface area contributed by atoms with Gasteiger partial charge in [0.1, 0.15) is 0 Å². The maximum Gasteiger partial charge on any atom is 0.253 e. The number of hydrogen-bond acceptors (Lipinski definition) is 2. The molecule has 2 heterocycles. The summed E-state index contributed by atoms with van der Waals surface area (Å²) in [6.07, 6.45) is 4.22. The van der Waals surface area contributed by atoms with Crippen molar-refractivity contribution in [3.05, 3.63) is 59.4 Å². The Labute approximate surface area is 144 Å². The van der Waals surface area contributed by atoms with Gasteiger partial charge in [-0.1, -0.05) is 30.3 Å². The smallest absolute Gasteiger partial charge is 0.253 e. The summed E-state index contributed by atoms with van der Waals surface area (Å²) in [5.41, 5.74) is 3.18. The van der Waals surface area contributed by atoms with Crippen LogP contribution in [-0.2, 0) is 13.6 Å². The van der Waals surface area contributed by atoms with Crippen molar-refractivity contribution in [1.29, 1.82) is 0 Å². The Morgan fingerprint density at radius 3 is 2.75 bits per heavy atom. The van der Waals surface area contributed by atoms with E-state index in [9.17, 15) is 4.79 Å². The van der Waals surface area contributed by atoms with Crippen LogP contribution in [0.3, 0.4) is 0 Å².